The number of rotatable bonds is 5. The van der Waals surface area contributed by atoms with Crippen LogP contribution < -0.4 is 4.74 Å². The molecule has 0 atom stereocenters. The Morgan fingerprint density at radius 1 is 1.27 bits per heavy atom. The fourth-order valence-electron chi connectivity index (χ4n) is 1.55. The van der Waals surface area contributed by atoms with E-state index < -0.39 is 0 Å². The molecule has 0 radical (unpaired) electrons. The zero-order chi connectivity index (χ0) is 11.3. The molecule has 1 aromatic carbocycles. The number of Topliss-reactive ketones (excluding diaryl/α,β-unsaturated/α-hetero) is 1. The maximum Gasteiger partial charge on any atom is 0.159 e. The number of hydrogen-bond donors (Lipinski definition) is 0. The third-order valence-corrected chi connectivity index (χ3v) is 2.22. The van der Waals surface area contributed by atoms with E-state index >= 15 is 0 Å². The number of hydrogen-bond acceptors (Lipinski definition) is 2. The van der Waals surface area contributed by atoms with Crippen LogP contribution >= 0.6 is 0 Å². The predicted molar refractivity (Wildman–Crippen MR) is 61.6 cm³/mol. The first kappa shape index (κ1) is 11.8. The molecule has 0 aromatic heterocycles. The van der Waals surface area contributed by atoms with E-state index in [1.54, 1.807) is 6.92 Å². The van der Waals surface area contributed by atoms with Crippen LogP contribution in [-0.4, -0.2) is 12.4 Å². The summed E-state index contributed by atoms with van der Waals surface area (Å²) in [6.07, 6.45) is 2.06. The molecule has 0 N–H and O–H groups in total. The molecule has 0 spiro atoms. The van der Waals surface area contributed by atoms with Gasteiger partial charge in [0.1, 0.15) is 5.75 Å². The Kier molecular flexibility index (Phi) is 4.35. The Labute approximate surface area is 91.3 Å². The molecular formula is C13H18O2. The molecule has 0 amide bonds. The first-order chi connectivity index (χ1) is 7.17. The maximum atomic E-state index is 11.3. The fraction of sp³-hybridized carbons (Fsp3) is 0.462. The summed E-state index contributed by atoms with van der Waals surface area (Å²) in [6.45, 7) is 6.29. The third kappa shape index (κ3) is 3.39. The molecule has 1 aromatic rings. The van der Waals surface area contributed by atoms with E-state index in [4.69, 9.17) is 4.74 Å². The average molecular weight is 206 g/mol. The van der Waals surface area contributed by atoms with Gasteiger partial charge in [0.25, 0.3) is 0 Å². The van der Waals surface area contributed by atoms with Crippen molar-refractivity contribution in [2.24, 2.45) is 0 Å². The van der Waals surface area contributed by atoms with Crippen molar-refractivity contribution >= 4 is 5.78 Å². The number of carbonyl (C=O) groups excluding carboxylic acids is 1. The lowest BCUT2D eigenvalue weighted by molar-refractivity contribution is 0.101. The highest BCUT2D eigenvalue weighted by Gasteiger charge is 2.04. The van der Waals surface area contributed by atoms with E-state index in [9.17, 15) is 4.79 Å². The van der Waals surface area contributed by atoms with Crippen molar-refractivity contribution in [3.8, 4) is 5.75 Å². The van der Waals surface area contributed by atoms with Crippen LogP contribution in [0.3, 0.4) is 0 Å². The first-order valence-electron chi connectivity index (χ1n) is 5.45. The molecule has 15 heavy (non-hydrogen) atoms. The normalized spacial score (nSPS) is 10.1. The summed E-state index contributed by atoms with van der Waals surface area (Å²) in [5, 5.41) is 0. The maximum absolute atomic E-state index is 11.3. The lowest BCUT2D eigenvalue weighted by Crippen LogP contribution is -1.98. The molecule has 2 nitrogen and oxygen atoms in total. The van der Waals surface area contributed by atoms with Gasteiger partial charge in [-0.2, -0.15) is 0 Å². The van der Waals surface area contributed by atoms with Gasteiger partial charge in [0.05, 0.1) is 6.61 Å². The van der Waals surface area contributed by atoms with Crippen molar-refractivity contribution < 1.29 is 9.53 Å². The molecule has 2 heteroatoms. The lowest BCUT2D eigenvalue weighted by atomic mass is 10.0. The van der Waals surface area contributed by atoms with Gasteiger partial charge in [0.2, 0.25) is 0 Å². The van der Waals surface area contributed by atoms with Crippen molar-refractivity contribution in [1.29, 1.82) is 0 Å². The Morgan fingerprint density at radius 3 is 2.53 bits per heavy atom. The van der Waals surface area contributed by atoms with Gasteiger partial charge in [0.15, 0.2) is 5.78 Å². The highest BCUT2D eigenvalue weighted by molar-refractivity contribution is 5.94. The molecule has 0 saturated heterocycles. The van der Waals surface area contributed by atoms with E-state index in [0.29, 0.717) is 6.61 Å². The Hall–Kier alpha value is -1.31. The minimum atomic E-state index is 0.0916. The smallest absolute Gasteiger partial charge is 0.159 e. The molecule has 0 heterocycles. The van der Waals surface area contributed by atoms with E-state index in [1.165, 1.54) is 5.56 Å². The summed E-state index contributed by atoms with van der Waals surface area (Å²) in [5.74, 6) is 0.891. The van der Waals surface area contributed by atoms with Crippen LogP contribution in [-0.2, 0) is 6.42 Å². The van der Waals surface area contributed by atoms with Crippen molar-refractivity contribution in [3.05, 3.63) is 29.3 Å². The van der Waals surface area contributed by atoms with Gasteiger partial charge >= 0.3 is 0 Å². The largest absolute Gasteiger partial charge is 0.494 e. The van der Waals surface area contributed by atoms with Crippen LogP contribution in [0, 0.1) is 0 Å². The number of ketones is 1. The number of aryl methyl sites for hydroxylation is 1. The summed E-state index contributed by atoms with van der Waals surface area (Å²) < 4.78 is 5.43. The van der Waals surface area contributed by atoms with Gasteiger partial charge in [-0.3, -0.25) is 4.79 Å². The number of benzene rings is 1. The Balaban J connectivity index is 3.02. The van der Waals surface area contributed by atoms with Crippen molar-refractivity contribution in [2.75, 3.05) is 6.61 Å². The molecule has 82 valence electrons. The lowest BCUT2D eigenvalue weighted by Gasteiger charge is -2.08. The summed E-state index contributed by atoms with van der Waals surface area (Å²) in [6, 6.07) is 5.78. The zero-order valence-electron chi connectivity index (χ0n) is 9.67. The van der Waals surface area contributed by atoms with Crippen LogP contribution in [0.25, 0.3) is 0 Å². The van der Waals surface area contributed by atoms with Crippen LogP contribution in [0.5, 0.6) is 5.75 Å². The van der Waals surface area contributed by atoms with Crippen molar-refractivity contribution in [3.63, 3.8) is 0 Å². The SMILES string of the molecule is CCCc1cc(OCC)cc(C(C)=O)c1. The zero-order valence-corrected chi connectivity index (χ0v) is 9.67. The predicted octanol–water partition coefficient (Wildman–Crippen LogP) is 3.24. The second-order valence-electron chi connectivity index (χ2n) is 3.60. The van der Waals surface area contributed by atoms with Crippen LogP contribution in [0.1, 0.15) is 43.1 Å². The molecular weight excluding hydrogens is 188 g/mol. The van der Waals surface area contributed by atoms with E-state index in [-0.39, 0.29) is 5.78 Å². The molecule has 0 aliphatic rings. The highest BCUT2D eigenvalue weighted by Crippen LogP contribution is 2.19. The van der Waals surface area contributed by atoms with Crippen molar-refractivity contribution in [2.45, 2.75) is 33.6 Å². The second-order valence-corrected chi connectivity index (χ2v) is 3.60. The minimum Gasteiger partial charge on any atom is -0.494 e. The van der Waals surface area contributed by atoms with Gasteiger partial charge in [-0.1, -0.05) is 13.3 Å². The van der Waals surface area contributed by atoms with Crippen LogP contribution in [0.15, 0.2) is 18.2 Å². The molecule has 0 bridgehead atoms. The average Bonchev–Trinajstić information content (AvgIpc) is 2.18. The van der Waals surface area contributed by atoms with E-state index in [2.05, 4.69) is 6.92 Å². The summed E-state index contributed by atoms with van der Waals surface area (Å²) in [4.78, 5) is 11.3. The van der Waals surface area contributed by atoms with Gasteiger partial charge in [0, 0.05) is 5.56 Å². The molecule has 0 saturated carbocycles. The summed E-state index contributed by atoms with van der Waals surface area (Å²) >= 11 is 0. The molecule has 0 aliphatic heterocycles. The molecule has 0 aliphatic carbocycles. The van der Waals surface area contributed by atoms with Crippen molar-refractivity contribution in [1.82, 2.24) is 0 Å². The first-order valence-corrected chi connectivity index (χ1v) is 5.45. The number of carbonyl (C=O) groups is 1. The van der Waals surface area contributed by atoms with Crippen LogP contribution in [0.2, 0.25) is 0 Å². The summed E-state index contributed by atoms with van der Waals surface area (Å²) in [5.41, 5.74) is 1.91. The Morgan fingerprint density at radius 2 is 2.00 bits per heavy atom. The Bertz CT molecular complexity index is 318. The molecule has 0 unspecified atom stereocenters. The van der Waals surface area contributed by atoms with Gasteiger partial charge < -0.3 is 4.74 Å². The second kappa shape index (κ2) is 5.54. The topological polar surface area (TPSA) is 26.3 Å². The highest BCUT2D eigenvalue weighted by atomic mass is 16.5. The van der Waals surface area contributed by atoms with Crippen LogP contribution in [0.4, 0.5) is 0 Å². The van der Waals surface area contributed by atoms with E-state index in [0.717, 1.165) is 24.2 Å². The molecule has 1 rings (SSSR count). The quantitative estimate of drug-likeness (QED) is 0.691. The number of ether oxygens (including phenoxy) is 1. The van der Waals surface area contributed by atoms with Gasteiger partial charge in [-0.15, -0.1) is 0 Å². The molecule has 0 fully saturated rings. The standard InChI is InChI=1S/C13H18O2/c1-4-6-11-7-12(10(3)14)9-13(8-11)15-5-2/h7-9H,4-6H2,1-3H3. The van der Waals surface area contributed by atoms with Gasteiger partial charge in [-0.25, -0.2) is 0 Å². The van der Waals surface area contributed by atoms with E-state index in [1.807, 2.05) is 25.1 Å². The monoisotopic (exact) mass is 206 g/mol. The van der Waals surface area contributed by atoms with Gasteiger partial charge in [-0.05, 0) is 44.0 Å². The summed E-state index contributed by atoms with van der Waals surface area (Å²) in [7, 11) is 0. The fourth-order valence-corrected chi connectivity index (χ4v) is 1.55. The third-order valence-electron chi connectivity index (χ3n) is 2.22. The minimum absolute atomic E-state index is 0.0916.